The van der Waals surface area contributed by atoms with Crippen LogP contribution >= 0.6 is 0 Å². The SMILES string of the molecule is O=C(c1c[nH]c2ccccc12)[C@H](NCCCN1C(=O)NC2(CCCC2)C1=O)c1ccccc1. The van der Waals surface area contributed by atoms with Crippen molar-refractivity contribution in [3.05, 3.63) is 71.9 Å². The van der Waals surface area contributed by atoms with Gasteiger partial charge in [0.05, 0.1) is 6.04 Å². The van der Waals surface area contributed by atoms with Gasteiger partial charge in [0, 0.05) is 29.2 Å². The summed E-state index contributed by atoms with van der Waals surface area (Å²) >= 11 is 0. The molecule has 1 aliphatic heterocycles. The molecule has 0 unspecified atom stereocenters. The van der Waals surface area contributed by atoms with Crippen LogP contribution in [0.15, 0.2) is 60.8 Å². The lowest BCUT2D eigenvalue weighted by Gasteiger charge is -2.21. The lowest BCUT2D eigenvalue weighted by molar-refractivity contribution is -0.131. The number of amides is 3. The van der Waals surface area contributed by atoms with Crippen LogP contribution in [0.3, 0.4) is 0 Å². The van der Waals surface area contributed by atoms with Crippen LogP contribution in [0, 0.1) is 0 Å². The molecule has 1 atom stereocenters. The first kappa shape index (κ1) is 21.4. The number of hydrogen-bond acceptors (Lipinski definition) is 4. The zero-order chi connectivity index (χ0) is 22.8. The van der Waals surface area contributed by atoms with Gasteiger partial charge >= 0.3 is 6.03 Å². The zero-order valence-corrected chi connectivity index (χ0v) is 18.5. The number of ketones is 1. The fraction of sp³-hybridized carbons (Fsp3) is 0.346. The van der Waals surface area contributed by atoms with Crippen molar-refractivity contribution in [2.75, 3.05) is 13.1 Å². The predicted molar refractivity (Wildman–Crippen MR) is 126 cm³/mol. The van der Waals surface area contributed by atoms with Gasteiger partial charge in [0.15, 0.2) is 5.78 Å². The molecule has 3 N–H and O–H groups in total. The van der Waals surface area contributed by atoms with E-state index in [0.29, 0.717) is 25.1 Å². The van der Waals surface area contributed by atoms with Gasteiger partial charge in [-0.3, -0.25) is 14.5 Å². The summed E-state index contributed by atoms with van der Waals surface area (Å²) in [5.41, 5.74) is 1.77. The predicted octanol–water partition coefficient (Wildman–Crippen LogP) is 3.94. The highest BCUT2D eigenvalue weighted by Gasteiger charge is 2.52. The third kappa shape index (κ3) is 3.93. The Morgan fingerprint density at radius 2 is 1.76 bits per heavy atom. The molecule has 2 aliphatic rings. The Balaban J connectivity index is 1.27. The fourth-order valence-electron chi connectivity index (χ4n) is 5.12. The quantitative estimate of drug-likeness (QED) is 0.279. The lowest BCUT2D eigenvalue weighted by atomic mass is 9.97. The number of benzene rings is 2. The minimum Gasteiger partial charge on any atom is -0.360 e. The Morgan fingerprint density at radius 1 is 1.03 bits per heavy atom. The molecule has 1 saturated heterocycles. The van der Waals surface area contributed by atoms with Gasteiger partial charge in [-0.05, 0) is 37.4 Å². The molecule has 1 spiro atoms. The Kier molecular flexibility index (Phi) is 5.72. The third-order valence-corrected chi connectivity index (χ3v) is 6.86. The molecule has 3 aromatic rings. The second kappa shape index (κ2) is 8.83. The van der Waals surface area contributed by atoms with E-state index in [1.807, 2.05) is 54.6 Å². The smallest absolute Gasteiger partial charge is 0.325 e. The van der Waals surface area contributed by atoms with Crippen LogP contribution in [0.2, 0.25) is 0 Å². The highest BCUT2D eigenvalue weighted by molar-refractivity contribution is 6.10. The first-order valence-corrected chi connectivity index (χ1v) is 11.6. The number of aromatic nitrogens is 1. The Labute approximate surface area is 192 Å². The molecule has 1 saturated carbocycles. The molecule has 33 heavy (non-hydrogen) atoms. The van der Waals surface area contributed by atoms with Gasteiger partial charge < -0.3 is 15.6 Å². The summed E-state index contributed by atoms with van der Waals surface area (Å²) in [5, 5.41) is 7.18. The summed E-state index contributed by atoms with van der Waals surface area (Å²) in [7, 11) is 0. The van der Waals surface area contributed by atoms with Crippen LogP contribution in [0.4, 0.5) is 4.79 Å². The average Bonchev–Trinajstić information content (AvgIpc) is 3.54. The molecule has 170 valence electrons. The van der Waals surface area contributed by atoms with E-state index in [9.17, 15) is 14.4 Å². The number of carbonyl (C=O) groups excluding carboxylic acids is 3. The Morgan fingerprint density at radius 3 is 2.55 bits per heavy atom. The molecule has 2 heterocycles. The molecule has 2 aromatic carbocycles. The number of rotatable bonds is 8. The summed E-state index contributed by atoms with van der Waals surface area (Å²) in [6, 6.07) is 16.6. The number of para-hydroxylation sites is 1. The normalized spacial score (nSPS) is 18.2. The molecule has 5 rings (SSSR count). The molecule has 0 bridgehead atoms. The minimum absolute atomic E-state index is 0.0152. The van der Waals surface area contributed by atoms with Crippen LogP contribution in [0.5, 0.6) is 0 Å². The van der Waals surface area contributed by atoms with Crippen molar-refractivity contribution in [1.82, 2.24) is 20.5 Å². The molecule has 1 aromatic heterocycles. The Hall–Kier alpha value is -3.45. The van der Waals surface area contributed by atoms with Gasteiger partial charge in [0.1, 0.15) is 5.54 Å². The first-order chi connectivity index (χ1) is 16.1. The Bertz CT molecular complexity index is 1180. The second-order valence-corrected chi connectivity index (χ2v) is 8.94. The number of fused-ring (bicyclic) bond motifs is 1. The van der Waals surface area contributed by atoms with E-state index in [1.165, 1.54) is 4.90 Å². The summed E-state index contributed by atoms with van der Waals surface area (Å²) in [4.78, 5) is 43.3. The number of nitrogens with one attached hydrogen (secondary N) is 3. The van der Waals surface area contributed by atoms with E-state index in [-0.39, 0.29) is 17.7 Å². The topological polar surface area (TPSA) is 94.3 Å². The number of nitrogens with zero attached hydrogens (tertiary/aromatic N) is 1. The van der Waals surface area contributed by atoms with Crippen molar-refractivity contribution in [2.45, 2.75) is 43.7 Å². The highest BCUT2D eigenvalue weighted by atomic mass is 16.2. The number of H-pyrrole nitrogens is 1. The van der Waals surface area contributed by atoms with Crippen molar-refractivity contribution >= 4 is 28.6 Å². The van der Waals surface area contributed by atoms with Crippen LogP contribution in [-0.2, 0) is 4.79 Å². The van der Waals surface area contributed by atoms with Crippen molar-refractivity contribution in [3.8, 4) is 0 Å². The van der Waals surface area contributed by atoms with Crippen molar-refractivity contribution < 1.29 is 14.4 Å². The van der Waals surface area contributed by atoms with Gasteiger partial charge in [-0.25, -0.2) is 4.79 Å². The number of imide groups is 1. The molecule has 7 nitrogen and oxygen atoms in total. The summed E-state index contributed by atoms with van der Waals surface area (Å²) < 4.78 is 0. The van der Waals surface area contributed by atoms with Gasteiger partial charge in [0.2, 0.25) is 0 Å². The van der Waals surface area contributed by atoms with Crippen LogP contribution in [-0.4, -0.2) is 46.2 Å². The van der Waals surface area contributed by atoms with Gasteiger partial charge in [-0.15, -0.1) is 0 Å². The molecular formula is C26H28N4O3. The standard InChI is InChI=1S/C26H28N4O3/c31-23(20-17-28-21-12-5-4-11-19(20)21)22(18-9-2-1-3-10-18)27-15-8-16-30-24(32)26(29-25(30)33)13-6-7-14-26/h1-5,9-12,17,22,27-28H,6-8,13-16H2,(H,29,33)/t22-/m1/s1. The number of aromatic amines is 1. The van der Waals surface area contributed by atoms with Crippen LogP contribution < -0.4 is 10.6 Å². The zero-order valence-electron chi connectivity index (χ0n) is 18.5. The maximum absolute atomic E-state index is 13.5. The summed E-state index contributed by atoms with van der Waals surface area (Å²) in [6.45, 7) is 0.833. The van der Waals surface area contributed by atoms with Crippen LogP contribution in [0.25, 0.3) is 10.9 Å². The number of carbonyl (C=O) groups is 3. The maximum Gasteiger partial charge on any atom is 0.325 e. The second-order valence-electron chi connectivity index (χ2n) is 8.94. The average molecular weight is 445 g/mol. The third-order valence-electron chi connectivity index (χ3n) is 6.86. The molecule has 1 aliphatic carbocycles. The van der Waals surface area contributed by atoms with E-state index in [4.69, 9.17) is 0 Å². The fourth-order valence-corrected chi connectivity index (χ4v) is 5.12. The molecule has 0 radical (unpaired) electrons. The lowest BCUT2D eigenvalue weighted by Crippen LogP contribution is -2.44. The molecule has 7 heteroatoms. The van der Waals surface area contributed by atoms with Gasteiger partial charge in [-0.2, -0.15) is 0 Å². The highest BCUT2D eigenvalue weighted by Crippen LogP contribution is 2.35. The monoisotopic (exact) mass is 444 g/mol. The number of hydrogen-bond donors (Lipinski definition) is 3. The van der Waals surface area contributed by atoms with Gasteiger partial charge in [-0.1, -0.05) is 61.4 Å². The van der Waals surface area contributed by atoms with Crippen molar-refractivity contribution in [1.29, 1.82) is 0 Å². The van der Waals surface area contributed by atoms with E-state index >= 15 is 0 Å². The first-order valence-electron chi connectivity index (χ1n) is 11.6. The van der Waals surface area contributed by atoms with E-state index in [0.717, 1.165) is 42.1 Å². The van der Waals surface area contributed by atoms with Crippen molar-refractivity contribution in [2.24, 2.45) is 0 Å². The molecule has 2 fully saturated rings. The van der Waals surface area contributed by atoms with Gasteiger partial charge in [0.25, 0.3) is 5.91 Å². The molecule has 3 amide bonds. The number of Topliss-reactive ketones (excluding diaryl/α,β-unsaturated/α-hetero) is 1. The largest absolute Gasteiger partial charge is 0.360 e. The van der Waals surface area contributed by atoms with Crippen molar-refractivity contribution in [3.63, 3.8) is 0 Å². The van der Waals surface area contributed by atoms with E-state index in [1.54, 1.807) is 6.20 Å². The van der Waals surface area contributed by atoms with E-state index in [2.05, 4.69) is 15.6 Å². The summed E-state index contributed by atoms with van der Waals surface area (Å²) in [5.74, 6) is -0.113. The summed E-state index contributed by atoms with van der Waals surface area (Å²) in [6.07, 6.45) is 5.72. The van der Waals surface area contributed by atoms with E-state index < -0.39 is 11.6 Å². The minimum atomic E-state index is -0.678. The maximum atomic E-state index is 13.5. The van der Waals surface area contributed by atoms with Crippen LogP contribution in [0.1, 0.15) is 54.1 Å². The number of urea groups is 1. The molecular weight excluding hydrogens is 416 g/mol.